The van der Waals surface area contributed by atoms with Gasteiger partial charge in [0.2, 0.25) is 0 Å². The molecule has 1 heteroatoms. The Hall–Kier alpha value is -1.44. The van der Waals surface area contributed by atoms with E-state index in [4.69, 9.17) is 17.6 Å². The number of allylic oxidation sites excluding steroid dienone is 3. The van der Waals surface area contributed by atoms with Gasteiger partial charge in [0, 0.05) is 6.42 Å². The molecule has 0 amide bonds. The second-order valence-corrected chi connectivity index (χ2v) is 2.69. The van der Waals surface area contributed by atoms with E-state index in [9.17, 15) is 0 Å². The second kappa shape index (κ2) is 9.65. The smallest absolute Gasteiger partial charge is 0.119 e. The van der Waals surface area contributed by atoms with E-state index in [1.54, 1.807) is 0 Å². The molecule has 74 valence electrons. The molecule has 0 aliphatic heterocycles. The summed E-state index contributed by atoms with van der Waals surface area (Å²) in [6.07, 6.45) is 19.4. The maximum Gasteiger partial charge on any atom is 0.119 e. The highest BCUT2D eigenvalue weighted by molar-refractivity contribution is 5.02. The molecule has 0 heterocycles. The predicted molar refractivity (Wildman–Crippen MR) is 60.6 cm³/mol. The van der Waals surface area contributed by atoms with Crippen LogP contribution in [0.25, 0.3) is 0 Å². The van der Waals surface area contributed by atoms with Crippen molar-refractivity contribution in [3.05, 3.63) is 24.3 Å². The van der Waals surface area contributed by atoms with Gasteiger partial charge in [0.25, 0.3) is 0 Å². The maximum atomic E-state index is 5.39. The fourth-order valence-electron chi connectivity index (χ4n) is 0.846. The van der Waals surface area contributed by atoms with E-state index in [2.05, 4.69) is 11.8 Å². The van der Waals surface area contributed by atoms with Crippen LogP contribution in [-0.2, 0) is 4.74 Å². The lowest BCUT2D eigenvalue weighted by atomic mass is 10.2. The quantitative estimate of drug-likeness (QED) is 0.460. The van der Waals surface area contributed by atoms with Crippen molar-refractivity contribution in [2.45, 2.75) is 25.9 Å². The number of rotatable bonds is 6. The third-order valence-corrected chi connectivity index (χ3v) is 1.57. The Labute approximate surface area is 86.9 Å². The summed E-state index contributed by atoms with van der Waals surface area (Å²) in [6, 6.07) is 0. The average molecular weight is 188 g/mol. The Kier molecular flexibility index (Phi) is 8.65. The molecule has 1 nitrogen and oxygen atoms in total. The largest absolute Gasteiger partial charge is 0.361 e. The summed E-state index contributed by atoms with van der Waals surface area (Å²) in [5.41, 5.74) is 0. The predicted octanol–water partition coefficient (Wildman–Crippen LogP) is 2.55. The molecule has 1 unspecified atom stereocenters. The lowest BCUT2D eigenvalue weighted by Gasteiger charge is -2.07. The Morgan fingerprint density at radius 2 is 2.14 bits per heavy atom. The van der Waals surface area contributed by atoms with Crippen molar-refractivity contribution >= 4 is 0 Å². The number of terminal acetylenes is 2. The molecule has 0 spiro atoms. The van der Waals surface area contributed by atoms with Gasteiger partial charge >= 0.3 is 0 Å². The van der Waals surface area contributed by atoms with Crippen LogP contribution in [-0.4, -0.2) is 12.7 Å². The van der Waals surface area contributed by atoms with Crippen molar-refractivity contribution < 1.29 is 4.74 Å². The van der Waals surface area contributed by atoms with Crippen molar-refractivity contribution in [3.8, 4) is 24.7 Å². The fraction of sp³-hybridized carbons (Fsp3) is 0.385. The molecule has 1 atom stereocenters. The van der Waals surface area contributed by atoms with Crippen molar-refractivity contribution in [1.29, 1.82) is 0 Å². The van der Waals surface area contributed by atoms with E-state index < -0.39 is 0 Å². The van der Waals surface area contributed by atoms with Crippen LogP contribution in [0.4, 0.5) is 0 Å². The molecule has 0 aromatic carbocycles. The molecule has 0 aromatic heterocycles. The zero-order chi connectivity index (χ0) is 10.6. The Balaban J connectivity index is 3.64. The highest BCUT2D eigenvalue weighted by Crippen LogP contribution is 2.00. The molecular weight excluding hydrogens is 172 g/mol. The molecule has 0 saturated carbocycles. The fourth-order valence-corrected chi connectivity index (χ4v) is 0.846. The zero-order valence-corrected chi connectivity index (χ0v) is 8.57. The summed E-state index contributed by atoms with van der Waals surface area (Å²) in [5, 5.41) is 0. The molecule has 0 aliphatic rings. The normalized spacial score (nSPS) is 12.8. The van der Waals surface area contributed by atoms with Gasteiger partial charge in [0.1, 0.15) is 6.10 Å². The van der Waals surface area contributed by atoms with Gasteiger partial charge in [0.15, 0.2) is 0 Å². The van der Waals surface area contributed by atoms with E-state index in [1.165, 1.54) is 0 Å². The summed E-state index contributed by atoms with van der Waals surface area (Å²) < 4.78 is 5.39. The summed E-state index contributed by atoms with van der Waals surface area (Å²) in [5.74, 6) is 5.10. The van der Waals surface area contributed by atoms with E-state index in [-0.39, 0.29) is 6.10 Å². The van der Waals surface area contributed by atoms with Crippen LogP contribution >= 0.6 is 0 Å². The molecule has 0 radical (unpaired) electrons. The standard InChI is InChI=1S/C13H16O/c1-4-7-9-10-12-14-13(6-3)11-8-5-2/h2-4,7,9-10,13H,8,11-12H2,1H3/b7-4+,10-9+. The Morgan fingerprint density at radius 1 is 1.36 bits per heavy atom. The number of hydrogen-bond acceptors (Lipinski definition) is 1. The minimum atomic E-state index is -0.165. The lowest BCUT2D eigenvalue weighted by Crippen LogP contribution is -2.09. The second-order valence-electron chi connectivity index (χ2n) is 2.69. The van der Waals surface area contributed by atoms with E-state index in [1.807, 2.05) is 31.2 Å². The summed E-state index contributed by atoms with van der Waals surface area (Å²) in [6.45, 7) is 2.49. The van der Waals surface area contributed by atoms with Crippen LogP contribution < -0.4 is 0 Å². The summed E-state index contributed by atoms with van der Waals surface area (Å²) >= 11 is 0. The molecule has 0 aliphatic carbocycles. The third kappa shape index (κ3) is 7.22. The van der Waals surface area contributed by atoms with Crippen LogP contribution in [0, 0.1) is 24.7 Å². The van der Waals surface area contributed by atoms with Gasteiger partial charge in [-0.15, -0.1) is 18.8 Å². The zero-order valence-electron chi connectivity index (χ0n) is 8.57. The molecule has 0 rings (SSSR count). The van der Waals surface area contributed by atoms with Crippen molar-refractivity contribution in [2.24, 2.45) is 0 Å². The molecule has 0 aromatic rings. The summed E-state index contributed by atoms with van der Waals surface area (Å²) in [7, 11) is 0. The van der Waals surface area contributed by atoms with E-state index in [0.717, 1.165) is 6.42 Å². The van der Waals surface area contributed by atoms with Gasteiger partial charge in [-0.05, 0) is 13.3 Å². The van der Waals surface area contributed by atoms with Gasteiger partial charge in [-0.1, -0.05) is 30.2 Å². The molecule has 0 bridgehead atoms. The van der Waals surface area contributed by atoms with Crippen LogP contribution in [0.2, 0.25) is 0 Å². The average Bonchev–Trinajstić information content (AvgIpc) is 2.22. The van der Waals surface area contributed by atoms with Gasteiger partial charge < -0.3 is 4.74 Å². The van der Waals surface area contributed by atoms with Gasteiger partial charge in [-0.25, -0.2) is 0 Å². The van der Waals surface area contributed by atoms with Crippen molar-refractivity contribution in [1.82, 2.24) is 0 Å². The highest BCUT2D eigenvalue weighted by atomic mass is 16.5. The first-order chi connectivity index (χ1) is 6.85. The molecule has 0 fully saturated rings. The summed E-state index contributed by atoms with van der Waals surface area (Å²) in [4.78, 5) is 0. The van der Waals surface area contributed by atoms with Gasteiger partial charge in [0.05, 0.1) is 6.61 Å². The van der Waals surface area contributed by atoms with Crippen LogP contribution in [0.5, 0.6) is 0 Å². The van der Waals surface area contributed by atoms with Crippen LogP contribution in [0.1, 0.15) is 19.8 Å². The molecular formula is C13H16O. The highest BCUT2D eigenvalue weighted by Gasteiger charge is 2.01. The first-order valence-corrected chi connectivity index (χ1v) is 4.64. The number of ether oxygens (including phenoxy) is 1. The minimum absolute atomic E-state index is 0.165. The van der Waals surface area contributed by atoms with Gasteiger partial charge in [-0.3, -0.25) is 0 Å². The van der Waals surface area contributed by atoms with E-state index >= 15 is 0 Å². The number of hydrogen-bond donors (Lipinski definition) is 0. The Morgan fingerprint density at radius 3 is 2.71 bits per heavy atom. The van der Waals surface area contributed by atoms with Crippen molar-refractivity contribution in [3.63, 3.8) is 0 Å². The molecule has 0 saturated heterocycles. The van der Waals surface area contributed by atoms with Gasteiger partial charge in [-0.2, -0.15) is 0 Å². The minimum Gasteiger partial charge on any atom is -0.361 e. The monoisotopic (exact) mass is 188 g/mol. The topological polar surface area (TPSA) is 9.23 Å². The van der Waals surface area contributed by atoms with Crippen molar-refractivity contribution in [2.75, 3.05) is 6.61 Å². The Bertz CT molecular complexity index is 260. The molecule has 14 heavy (non-hydrogen) atoms. The lowest BCUT2D eigenvalue weighted by molar-refractivity contribution is 0.111. The molecule has 0 N–H and O–H groups in total. The SMILES string of the molecule is C#CCCC(C#C)OC/C=C/C=C/C. The maximum absolute atomic E-state index is 5.39. The van der Waals surface area contributed by atoms with Crippen LogP contribution in [0.15, 0.2) is 24.3 Å². The first kappa shape index (κ1) is 12.6. The third-order valence-electron chi connectivity index (χ3n) is 1.57. The van der Waals surface area contributed by atoms with E-state index in [0.29, 0.717) is 13.0 Å². The first-order valence-electron chi connectivity index (χ1n) is 4.64. The van der Waals surface area contributed by atoms with Crippen LogP contribution in [0.3, 0.4) is 0 Å².